The highest BCUT2D eigenvalue weighted by Crippen LogP contribution is 2.32. The number of aromatic nitrogens is 1. The van der Waals surface area contributed by atoms with Gasteiger partial charge in [-0.2, -0.15) is 0 Å². The summed E-state index contributed by atoms with van der Waals surface area (Å²) in [5.74, 6) is 0. The Morgan fingerprint density at radius 3 is 3.00 bits per heavy atom. The first-order valence-electron chi connectivity index (χ1n) is 5.18. The Kier molecular flexibility index (Phi) is 3.19. The number of nitrogens with zero attached hydrogens (tertiary/aromatic N) is 2. The topological polar surface area (TPSA) is 79.7 Å². The predicted molar refractivity (Wildman–Crippen MR) is 59.7 cm³/mol. The zero-order chi connectivity index (χ0) is 11.5. The van der Waals surface area contributed by atoms with Crippen molar-refractivity contribution >= 4 is 11.3 Å². The molecule has 86 valence electrons. The van der Waals surface area contributed by atoms with E-state index >= 15 is 0 Å². The Hall–Kier alpha value is -1.43. The maximum atomic E-state index is 10.9. The van der Waals surface area contributed by atoms with Crippen LogP contribution in [-0.4, -0.2) is 21.4 Å². The van der Waals surface area contributed by atoms with Gasteiger partial charge < -0.3 is 15.5 Å². The summed E-state index contributed by atoms with van der Waals surface area (Å²) in [4.78, 5) is 3.79. The van der Waals surface area contributed by atoms with Gasteiger partial charge in [0.25, 0.3) is 0 Å². The van der Waals surface area contributed by atoms with Crippen molar-refractivity contribution in [3.63, 3.8) is 0 Å². The van der Waals surface area contributed by atoms with E-state index in [2.05, 4.69) is 4.98 Å². The third-order valence-corrected chi connectivity index (χ3v) is 2.69. The van der Waals surface area contributed by atoms with E-state index in [1.807, 2.05) is 0 Å². The van der Waals surface area contributed by atoms with Crippen LogP contribution in [0.15, 0.2) is 24.5 Å². The Morgan fingerprint density at radius 1 is 1.50 bits per heavy atom. The summed E-state index contributed by atoms with van der Waals surface area (Å²) < 4.78 is 0. The molecule has 0 radical (unpaired) electrons. The van der Waals surface area contributed by atoms with Crippen molar-refractivity contribution in [2.45, 2.75) is 25.4 Å². The number of aliphatic hydroxyl groups excluding tert-OH is 1. The van der Waals surface area contributed by atoms with Gasteiger partial charge in [0, 0.05) is 11.8 Å². The van der Waals surface area contributed by atoms with Gasteiger partial charge in [0.2, 0.25) is 0 Å². The van der Waals surface area contributed by atoms with Crippen molar-refractivity contribution in [1.29, 1.82) is 0 Å². The van der Waals surface area contributed by atoms with E-state index in [1.54, 1.807) is 18.3 Å². The Bertz CT molecular complexity index is 404. The summed E-state index contributed by atoms with van der Waals surface area (Å²) >= 11 is 0. The minimum Gasteiger partial charge on any atom is -0.733 e. The van der Waals surface area contributed by atoms with Crippen LogP contribution in [0.2, 0.25) is 0 Å². The molecule has 1 heterocycles. The first kappa shape index (κ1) is 11.1. The van der Waals surface area contributed by atoms with E-state index in [4.69, 9.17) is 5.21 Å². The molecule has 5 heteroatoms. The van der Waals surface area contributed by atoms with E-state index in [0.29, 0.717) is 5.56 Å². The summed E-state index contributed by atoms with van der Waals surface area (Å²) in [6.07, 6.45) is 6.54. The number of hydrogen-bond acceptors (Lipinski definition) is 5. The Balaban J connectivity index is 2.39. The lowest BCUT2D eigenvalue weighted by atomic mass is 9.92. The minimum absolute atomic E-state index is 0.114. The van der Waals surface area contributed by atoms with Gasteiger partial charge in [-0.3, -0.25) is 10.2 Å². The molecule has 0 spiro atoms. The SMILES string of the molecule is [O-]N(O)c1cnccc1C1=CC(O)CCC1. The molecule has 0 amide bonds. The highest BCUT2D eigenvalue weighted by Gasteiger charge is 2.15. The fraction of sp³-hybridized carbons (Fsp3) is 0.364. The Morgan fingerprint density at radius 2 is 2.31 bits per heavy atom. The van der Waals surface area contributed by atoms with Gasteiger partial charge in [-0.15, -0.1) is 0 Å². The van der Waals surface area contributed by atoms with Crippen molar-refractivity contribution in [3.8, 4) is 0 Å². The van der Waals surface area contributed by atoms with Gasteiger partial charge in [0.05, 0.1) is 18.0 Å². The minimum atomic E-state index is -0.469. The summed E-state index contributed by atoms with van der Waals surface area (Å²) in [5, 5.41) is 29.2. The molecule has 1 aromatic heterocycles. The van der Waals surface area contributed by atoms with Gasteiger partial charge in [0.1, 0.15) is 0 Å². The average Bonchev–Trinajstić information content (AvgIpc) is 2.29. The molecule has 0 saturated heterocycles. The van der Waals surface area contributed by atoms with Gasteiger partial charge in [-0.1, -0.05) is 6.08 Å². The lowest BCUT2D eigenvalue weighted by Crippen LogP contribution is -2.13. The van der Waals surface area contributed by atoms with Crippen LogP contribution in [0.3, 0.4) is 0 Å². The summed E-state index contributed by atoms with van der Waals surface area (Å²) in [6, 6.07) is 1.67. The zero-order valence-electron chi connectivity index (χ0n) is 8.71. The molecule has 0 saturated carbocycles. The van der Waals surface area contributed by atoms with Gasteiger partial charge in [0.15, 0.2) is 0 Å². The normalized spacial score (nSPS) is 20.4. The smallest absolute Gasteiger partial charge is 0.0768 e. The molecule has 0 aliphatic heterocycles. The van der Waals surface area contributed by atoms with E-state index in [-0.39, 0.29) is 10.9 Å². The fourth-order valence-electron chi connectivity index (χ4n) is 1.94. The number of aliphatic hydroxyl groups is 1. The molecule has 1 unspecified atom stereocenters. The van der Waals surface area contributed by atoms with Crippen LogP contribution >= 0.6 is 0 Å². The average molecular weight is 221 g/mol. The molecular weight excluding hydrogens is 208 g/mol. The van der Waals surface area contributed by atoms with Crippen molar-refractivity contribution in [3.05, 3.63) is 35.3 Å². The lowest BCUT2D eigenvalue weighted by molar-refractivity contribution is 0.206. The van der Waals surface area contributed by atoms with Crippen molar-refractivity contribution in [2.24, 2.45) is 0 Å². The number of pyridine rings is 1. The number of anilines is 1. The summed E-state index contributed by atoms with van der Waals surface area (Å²) in [7, 11) is 0. The maximum absolute atomic E-state index is 10.9. The highest BCUT2D eigenvalue weighted by atomic mass is 16.8. The molecule has 2 rings (SSSR count). The molecule has 2 N–H and O–H groups in total. The molecule has 1 atom stereocenters. The second-order valence-corrected chi connectivity index (χ2v) is 3.82. The van der Waals surface area contributed by atoms with Crippen LogP contribution in [0.25, 0.3) is 5.57 Å². The quantitative estimate of drug-likeness (QED) is 0.743. The number of rotatable bonds is 2. The van der Waals surface area contributed by atoms with E-state index in [1.165, 1.54) is 6.20 Å². The molecule has 0 bridgehead atoms. The molecule has 5 nitrogen and oxygen atoms in total. The molecule has 0 aromatic carbocycles. The van der Waals surface area contributed by atoms with E-state index in [0.717, 1.165) is 24.8 Å². The largest absolute Gasteiger partial charge is 0.733 e. The molecular formula is C11H13N2O3-. The summed E-state index contributed by atoms with van der Waals surface area (Å²) in [5.41, 5.74) is 1.63. The lowest BCUT2D eigenvalue weighted by Gasteiger charge is -2.26. The van der Waals surface area contributed by atoms with E-state index < -0.39 is 6.10 Å². The van der Waals surface area contributed by atoms with Gasteiger partial charge in [-0.25, -0.2) is 0 Å². The second kappa shape index (κ2) is 4.61. The predicted octanol–water partition coefficient (Wildman–Crippen LogP) is 1.70. The van der Waals surface area contributed by atoms with Gasteiger partial charge >= 0.3 is 0 Å². The van der Waals surface area contributed by atoms with Crippen LogP contribution in [-0.2, 0) is 0 Å². The van der Waals surface area contributed by atoms with Crippen LogP contribution in [0.5, 0.6) is 0 Å². The Labute approximate surface area is 93.2 Å². The third kappa shape index (κ3) is 2.21. The first-order valence-corrected chi connectivity index (χ1v) is 5.18. The zero-order valence-corrected chi connectivity index (χ0v) is 8.71. The first-order chi connectivity index (χ1) is 7.68. The van der Waals surface area contributed by atoms with Gasteiger partial charge in [-0.05, 0) is 30.9 Å². The molecule has 16 heavy (non-hydrogen) atoms. The van der Waals surface area contributed by atoms with Crippen molar-refractivity contribution in [1.82, 2.24) is 4.98 Å². The van der Waals surface area contributed by atoms with Crippen LogP contribution in [0.1, 0.15) is 24.8 Å². The monoisotopic (exact) mass is 221 g/mol. The van der Waals surface area contributed by atoms with Crippen LogP contribution in [0.4, 0.5) is 5.69 Å². The molecule has 1 aliphatic carbocycles. The summed E-state index contributed by atoms with van der Waals surface area (Å²) in [6.45, 7) is 0. The fourth-order valence-corrected chi connectivity index (χ4v) is 1.94. The van der Waals surface area contributed by atoms with E-state index in [9.17, 15) is 10.3 Å². The molecule has 0 fully saturated rings. The standard InChI is InChI=1S/C11H13N2O3/c14-9-3-1-2-8(6-9)10-4-5-12-7-11(10)13(15)16/h4-7,9,14-15H,1-3H2/q-1. The van der Waals surface area contributed by atoms with Crippen molar-refractivity contribution in [2.75, 3.05) is 5.23 Å². The van der Waals surface area contributed by atoms with Crippen LogP contribution in [0, 0.1) is 5.21 Å². The maximum Gasteiger partial charge on any atom is 0.0768 e. The van der Waals surface area contributed by atoms with Crippen LogP contribution < -0.4 is 5.23 Å². The second-order valence-electron chi connectivity index (χ2n) is 3.82. The molecule has 1 aliphatic rings. The number of allylic oxidation sites excluding steroid dienone is 1. The number of hydrogen-bond donors (Lipinski definition) is 2. The highest BCUT2D eigenvalue weighted by molar-refractivity contribution is 5.76. The molecule has 1 aromatic rings. The third-order valence-electron chi connectivity index (χ3n) is 2.69. The van der Waals surface area contributed by atoms with Crippen molar-refractivity contribution < 1.29 is 10.3 Å².